The highest BCUT2D eigenvalue weighted by Crippen LogP contribution is 2.32. The average Bonchev–Trinajstić information content (AvgIpc) is 3.01. The van der Waals surface area contributed by atoms with Crippen molar-refractivity contribution in [3.8, 4) is 11.8 Å². The van der Waals surface area contributed by atoms with Crippen LogP contribution in [-0.4, -0.2) is 36.0 Å². The van der Waals surface area contributed by atoms with E-state index in [-0.39, 0.29) is 10.7 Å². The molecule has 3 rings (SSSR count). The number of anilines is 1. The number of nitrogens with zero attached hydrogens (tertiary/aromatic N) is 3. The number of hydrogen-bond acceptors (Lipinski definition) is 6. The monoisotopic (exact) mass is 458 g/mol. The van der Waals surface area contributed by atoms with E-state index in [1.165, 1.54) is 18.3 Å². The van der Waals surface area contributed by atoms with E-state index in [0.717, 1.165) is 10.6 Å². The lowest BCUT2D eigenvalue weighted by atomic mass is 10.4. The van der Waals surface area contributed by atoms with Crippen molar-refractivity contribution < 1.29 is 39.8 Å². The minimum absolute atomic E-state index is 0.145. The number of rotatable bonds is 7. The Morgan fingerprint density at radius 1 is 1.10 bits per heavy atom. The summed E-state index contributed by atoms with van der Waals surface area (Å²) in [6.45, 7) is -7.03. The number of fused-ring (bicyclic) bond motifs is 1. The number of halogens is 6. The third-order valence-electron chi connectivity index (χ3n) is 3.27. The fourth-order valence-electron chi connectivity index (χ4n) is 2.20. The van der Waals surface area contributed by atoms with Crippen LogP contribution >= 0.6 is 11.6 Å². The number of imidazole rings is 1. The number of nitrogens with one attached hydrogen (secondary N) is 1. The Bertz CT molecular complexity index is 1160. The van der Waals surface area contributed by atoms with Gasteiger partial charge < -0.3 is 9.47 Å². The molecule has 0 atom stereocenters. The van der Waals surface area contributed by atoms with Crippen molar-refractivity contribution in [1.82, 2.24) is 14.4 Å². The fraction of sp³-hybridized carbons (Fsp3) is 0.143. The molecule has 0 aliphatic heterocycles. The molecule has 156 valence electrons. The molecule has 0 saturated carbocycles. The first-order chi connectivity index (χ1) is 13.6. The zero-order valence-corrected chi connectivity index (χ0v) is 15.3. The van der Waals surface area contributed by atoms with Crippen molar-refractivity contribution in [2.75, 3.05) is 4.72 Å². The maximum atomic E-state index is 13.9. The lowest BCUT2D eigenvalue weighted by Crippen LogP contribution is -2.18. The van der Waals surface area contributed by atoms with E-state index in [4.69, 9.17) is 11.6 Å². The Balaban J connectivity index is 2.03. The van der Waals surface area contributed by atoms with Crippen LogP contribution in [0.4, 0.5) is 27.6 Å². The summed E-state index contributed by atoms with van der Waals surface area (Å²) in [4.78, 5) is 6.88. The van der Waals surface area contributed by atoms with Gasteiger partial charge in [-0.15, -0.1) is 0 Å². The van der Waals surface area contributed by atoms with Gasteiger partial charge in [0.15, 0.2) is 10.8 Å². The van der Waals surface area contributed by atoms with Crippen LogP contribution in [0.5, 0.6) is 11.8 Å². The smallest absolute Gasteiger partial charge is 0.388 e. The SMILES string of the molecule is O=S(=O)(Nc1cc(F)c(OC(F)F)nc1OC(F)F)c1cnc2cc(Cl)ccn12. The number of sulfonamides is 1. The van der Waals surface area contributed by atoms with E-state index >= 15 is 0 Å². The summed E-state index contributed by atoms with van der Waals surface area (Å²) in [5, 5.41) is -0.186. The molecule has 29 heavy (non-hydrogen) atoms. The summed E-state index contributed by atoms with van der Waals surface area (Å²) in [5.41, 5.74) is -0.736. The number of pyridine rings is 2. The van der Waals surface area contributed by atoms with Crippen molar-refractivity contribution in [1.29, 1.82) is 0 Å². The quantitative estimate of drug-likeness (QED) is 0.544. The molecule has 0 fully saturated rings. The average molecular weight is 459 g/mol. The second kappa shape index (κ2) is 7.87. The van der Waals surface area contributed by atoms with Crippen LogP contribution in [0.3, 0.4) is 0 Å². The highest BCUT2D eigenvalue weighted by atomic mass is 35.5. The predicted octanol–water partition coefficient (Wildman–Crippen LogP) is 3.53. The molecule has 0 spiro atoms. The molecular weight excluding hydrogens is 451 g/mol. The summed E-state index contributed by atoms with van der Waals surface area (Å²) >= 11 is 5.79. The molecule has 3 heterocycles. The third-order valence-corrected chi connectivity index (χ3v) is 4.85. The fourth-order valence-corrected chi connectivity index (χ4v) is 3.50. The molecule has 3 aromatic rings. The Morgan fingerprint density at radius 2 is 1.76 bits per heavy atom. The number of alkyl halides is 4. The summed E-state index contributed by atoms with van der Waals surface area (Å²) < 4.78 is 99.5. The van der Waals surface area contributed by atoms with Crippen LogP contribution in [0.15, 0.2) is 35.6 Å². The van der Waals surface area contributed by atoms with Gasteiger partial charge in [-0.3, -0.25) is 9.12 Å². The van der Waals surface area contributed by atoms with Crippen molar-refractivity contribution in [3.63, 3.8) is 0 Å². The standard InChI is InChI=1S/C14H8ClF5N4O4S/c15-6-1-2-24-9(3-6)21-5-10(24)29(25,26)23-8-4-7(16)11(27-13(17)18)22-12(8)28-14(19)20/h1-5,13-14,23H. The first-order valence-corrected chi connectivity index (χ1v) is 9.18. The van der Waals surface area contributed by atoms with Gasteiger partial charge in [0.2, 0.25) is 5.88 Å². The van der Waals surface area contributed by atoms with Gasteiger partial charge in [0, 0.05) is 23.4 Å². The van der Waals surface area contributed by atoms with Gasteiger partial charge in [0.05, 0.1) is 6.20 Å². The highest BCUT2D eigenvalue weighted by molar-refractivity contribution is 7.92. The van der Waals surface area contributed by atoms with Gasteiger partial charge >= 0.3 is 13.2 Å². The normalized spacial score (nSPS) is 12.0. The molecule has 0 amide bonds. The molecule has 8 nitrogen and oxygen atoms in total. The van der Waals surface area contributed by atoms with Crippen LogP contribution in [0, 0.1) is 5.82 Å². The van der Waals surface area contributed by atoms with Gasteiger partial charge in [-0.1, -0.05) is 11.6 Å². The minimum Gasteiger partial charge on any atom is -0.415 e. The molecule has 0 bridgehead atoms. The maximum Gasteiger partial charge on any atom is 0.388 e. The number of hydrogen-bond donors (Lipinski definition) is 1. The molecule has 3 aromatic heterocycles. The van der Waals surface area contributed by atoms with Crippen LogP contribution in [0.25, 0.3) is 5.65 Å². The topological polar surface area (TPSA) is 94.8 Å². The van der Waals surface area contributed by atoms with Crippen molar-refractivity contribution in [2.45, 2.75) is 18.2 Å². The third kappa shape index (κ3) is 4.59. The van der Waals surface area contributed by atoms with Crippen LogP contribution in [-0.2, 0) is 10.0 Å². The Labute approximate surface area is 163 Å². The molecule has 15 heteroatoms. The van der Waals surface area contributed by atoms with E-state index in [0.29, 0.717) is 6.07 Å². The molecule has 0 radical (unpaired) electrons. The summed E-state index contributed by atoms with van der Waals surface area (Å²) in [6.07, 6.45) is 2.20. The van der Waals surface area contributed by atoms with Crippen molar-refractivity contribution in [3.05, 3.63) is 41.4 Å². The molecule has 1 N–H and O–H groups in total. The lowest BCUT2D eigenvalue weighted by molar-refractivity contribution is -0.0616. The molecule has 0 aromatic carbocycles. The molecular formula is C14H8ClF5N4O4S. The van der Waals surface area contributed by atoms with Crippen molar-refractivity contribution in [2.24, 2.45) is 0 Å². The van der Waals surface area contributed by atoms with E-state index in [1.807, 2.05) is 0 Å². The minimum atomic E-state index is -4.53. The molecule has 0 aliphatic carbocycles. The van der Waals surface area contributed by atoms with Gasteiger partial charge in [0.1, 0.15) is 11.3 Å². The molecule has 0 unspecified atom stereocenters. The Morgan fingerprint density at radius 3 is 2.41 bits per heavy atom. The van der Waals surface area contributed by atoms with E-state index in [9.17, 15) is 30.4 Å². The highest BCUT2D eigenvalue weighted by Gasteiger charge is 2.25. The van der Waals surface area contributed by atoms with Gasteiger partial charge in [-0.05, 0) is 6.07 Å². The first kappa shape index (κ1) is 20.9. The predicted molar refractivity (Wildman–Crippen MR) is 88.5 cm³/mol. The Hall–Kier alpha value is -2.87. The van der Waals surface area contributed by atoms with Gasteiger partial charge in [0.25, 0.3) is 15.9 Å². The second-order valence-corrected chi connectivity index (χ2v) is 7.23. The van der Waals surface area contributed by atoms with Gasteiger partial charge in [-0.25, -0.2) is 9.37 Å². The summed E-state index contributed by atoms with van der Waals surface area (Å²) in [7, 11) is -4.53. The van der Waals surface area contributed by atoms with E-state index in [2.05, 4.69) is 19.4 Å². The van der Waals surface area contributed by atoms with Crippen LogP contribution in [0.1, 0.15) is 0 Å². The van der Waals surface area contributed by atoms with Crippen LogP contribution in [0.2, 0.25) is 5.02 Å². The maximum absolute atomic E-state index is 13.9. The zero-order chi connectivity index (χ0) is 21.3. The lowest BCUT2D eigenvalue weighted by Gasteiger charge is -2.14. The number of aromatic nitrogens is 3. The van der Waals surface area contributed by atoms with E-state index < -0.39 is 51.5 Å². The summed E-state index contributed by atoms with van der Waals surface area (Å²) in [5.74, 6) is -4.09. The first-order valence-electron chi connectivity index (χ1n) is 7.32. The summed E-state index contributed by atoms with van der Waals surface area (Å²) in [6, 6.07) is 3.02. The Kier molecular flexibility index (Phi) is 5.66. The largest absolute Gasteiger partial charge is 0.415 e. The van der Waals surface area contributed by atoms with E-state index in [1.54, 1.807) is 4.72 Å². The van der Waals surface area contributed by atoms with Crippen molar-refractivity contribution >= 4 is 33.0 Å². The zero-order valence-electron chi connectivity index (χ0n) is 13.7. The number of ether oxygens (including phenoxy) is 2. The second-order valence-electron chi connectivity index (χ2n) is 5.16. The van der Waals surface area contributed by atoms with Gasteiger partial charge in [-0.2, -0.15) is 31.0 Å². The van der Waals surface area contributed by atoms with Crippen LogP contribution < -0.4 is 14.2 Å². The molecule has 0 saturated heterocycles. The molecule has 0 aliphatic rings.